The molecule has 0 aliphatic rings. The number of nitrogens with one attached hydrogen (secondary N) is 2. The van der Waals surface area contributed by atoms with E-state index in [9.17, 15) is 13.2 Å². The minimum Gasteiger partial charge on any atom is -0.493 e. The number of methoxy groups -OCH3 is 2. The molecule has 0 saturated carbocycles. The van der Waals surface area contributed by atoms with E-state index in [0.717, 1.165) is 17.5 Å². The van der Waals surface area contributed by atoms with E-state index in [1.807, 2.05) is 6.92 Å². The summed E-state index contributed by atoms with van der Waals surface area (Å²) in [4.78, 5) is 12.3. The van der Waals surface area contributed by atoms with Crippen LogP contribution in [0.25, 0.3) is 0 Å². The van der Waals surface area contributed by atoms with E-state index in [1.54, 1.807) is 49.6 Å². The van der Waals surface area contributed by atoms with Crippen molar-refractivity contribution in [2.45, 2.75) is 24.7 Å². The Morgan fingerprint density at radius 2 is 1.57 bits per heavy atom. The van der Waals surface area contributed by atoms with Gasteiger partial charge in [-0.2, -0.15) is 0 Å². The maximum atomic E-state index is 12.2. The van der Waals surface area contributed by atoms with Gasteiger partial charge < -0.3 is 14.8 Å². The number of carbonyl (C=O) groups is 1. The zero-order chi connectivity index (χ0) is 20.6. The smallest absolute Gasteiger partial charge is 0.240 e. The molecule has 0 atom stereocenters. The molecular formula is C20H26N2O5S. The van der Waals surface area contributed by atoms with Gasteiger partial charge in [-0.3, -0.25) is 4.79 Å². The topological polar surface area (TPSA) is 93.7 Å². The van der Waals surface area contributed by atoms with Gasteiger partial charge in [0.05, 0.1) is 25.5 Å². The maximum absolute atomic E-state index is 12.2. The van der Waals surface area contributed by atoms with Crippen molar-refractivity contribution < 1.29 is 22.7 Å². The molecule has 2 aromatic rings. The highest BCUT2D eigenvalue weighted by atomic mass is 32.2. The lowest BCUT2D eigenvalue weighted by atomic mass is 10.1. The Labute approximate surface area is 166 Å². The fraction of sp³-hybridized carbons (Fsp3) is 0.350. The second kappa shape index (κ2) is 10.1. The second-order valence-corrected chi connectivity index (χ2v) is 7.88. The Balaban J connectivity index is 1.81. The normalized spacial score (nSPS) is 11.1. The second-order valence-electron chi connectivity index (χ2n) is 6.11. The number of amides is 1. The zero-order valence-electron chi connectivity index (χ0n) is 16.3. The first kappa shape index (κ1) is 21.7. The van der Waals surface area contributed by atoms with E-state index in [0.29, 0.717) is 11.5 Å². The number of carbonyl (C=O) groups excluding carboxylic acids is 1. The Hall–Kier alpha value is -2.58. The van der Waals surface area contributed by atoms with Crippen LogP contribution >= 0.6 is 0 Å². The third-order valence-electron chi connectivity index (χ3n) is 4.19. The third-order valence-corrected chi connectivity index (χ3v) is 5.67. The molecule has 0 spiro atoms. The van der Waals surface area contributed by atoms with E-state index < -0.39 is 10.0 Å². The fourth-order valence-electron chi connectivity index (χ4n) is 2.61. The lowest BCUT2D eigenvalue weighted by Crippen LogP contribution is -2.35. The molecule has 0 bridgehead atoms. The van der Waals surface area contributed by atoms with Crippen LogP contribution in [-0.4, -0.2) is 41.6 Å². The SMILES string of the molecule is CCc1ccc(S(=O)(=O)NCCNC(=O)Cc2ccc(OC)c(OC)c2)cc1. The van der Waals surface area contributed by atoms with E-state index in [2.05, 4.69) is 10.0 Å². The summed E-state index contributed by atoms with van der Waals surface area (Å²) in [6, 6.07) is 12.0. The molecule has 0 radical (unpaired) electrons. The molecule has 8 heteroatoms. The van der Waals surface area contributed by atoms with E-state index in [4.69, 9.17) is 9.47 Å². The molecule has 0 unspecified atom stereocenters. The summed E-state index contributed by atoms with van der Waals surface area (Å²) in [5, 5.41) is 2.70. The third kappa shape index (κ3) is 5.97. The molecule has 0 aliphatic carbocycles. The highest BCUT2D eigenvalue weighted by molar-refractivity contribution is 7.89. The standard InChI is InChI=1S/C20H26N2O5S/c1-4-15-5-8-17(9-6-15)28(24,25)22-12-11-21-20(23)14-16-7-10-18(26-2)19(13-16)27-3/h5-10,13,22H,4,11-12,14H2,1-3H3,(H,21,23). The van der Waals surface area contributed by atoms with Crippen LogP contribution in [0.1, 0.15) is 18.1 Å². The van der Waals surface area contributed by atoms with Crippen molar-refractivity contribution in [2.75, 3.05) is 27.3 Å². The van der Waals surface area contributed by atoms with Crippen molar-refractivity contribution in [1.82, 2.24) is 10.0 Å². The largest absolute Gasteiger partial charge is 0.493 e. The lowest BCUT2D eigenvalue weighted by Gasteiger charge is -2.10. The molecule has 2 rings (SSSR count). The average Bonchev–Trinajstić information content (AvgIpc) is 2.71. The van der Waals surface area contributed by atoms with Crippen LogP contribution in [0.5, 0.6) is 11.5 Å². The van der Waals surface area contributed by atoms with Crippen molar-refractivity contribution in [2.24, 2.45) is 0 Å². The van der Waals surface area contributed by atoms with E-state index in [-0.39, 0.29) is 30.3 Å². The van der Waals surface area contributed by atoms with Crippen LogP contribution in [0.4, 0.5) is 0 Å². The molecule has 2 N–H and O–H groups in total. The van der Waals surface area contributed by atoms with E-state index in [1.165, 1.54) is 7.11 Å². The molecule has 1 amide bonds. The quantitative estimate of drug-likeness (QED) is 0.588. The maximum Gasteiger partial charge on any atom is 0.240 e. The number of sulfonamides is 1. The van der Waals surface area contributed by atoms with Gasteiger partial charge in [-0.15, -0.1) is 0 Å². The van der Waals surface area contributed by atoms with Crippen molar-refractivity contribution >= 4 is 15.9 Å². The number of ether oxygens (including phenoxy) is 2. The average molecular weight is 407 g/mol. The van der Waals surface area contributed by atoms with Gasteiger partial charge >= 0.3 is 0 Å². The van der Waals surface area contributed by atoms with Gasteiger partial charge in [-0.25, -0.2) is 13.1 Å². The number of hydrogen-bond acceptors (Lipinski definition) is 5. The summed E-state index contributed by atoms with van der Waals surface area (Å²) in [6.07, 6.45) is 1.01. The molecule has 0 heterocycles. The van der Waals surface area contributed by atoms with Crippen molar-refractivity contribution in [3.63, 3.8) is 0 Å². The number of aryl methyl sites for hydroxylation is 1. The van der Waals surface area contributed by atoms with Gasteiger partial charge in [-0.05, 0) is 41.8 Å². The summed E-state index contributed by atoms with van der Waals surface area (Å²) in [5.74, 6) is 0.932. The van der Waals surface area contributed by atoms with Crippen molar-refractivity contribution in [3.8, 4) is 11.5 Å². The molecule has 2 aromatic carbocycles. The van der Waals surface area contributed by atoms with Gasteiger partial charge in [0.2, 0.25) is 15.9 Å². The summed E-state index contributed by atoms with van der Waals surface area (Å²) in [5.41, 5.74) is 1.84. The number of rotatable bonds is 10. The lowest BCUT2D eigenvalue weighted by molar-refractivity contribution is -0.120. The molecular weight excluding hydrogens is 380 g/mol. The zero-order valence-corrected chi connectivity index (χ0v) is 17.1. The number of hydrogen-bond donors (Lipinski definition) is 2. The first-order valence-corrected chi connectivity index (χ1v) is 10.4. The van der Waals surface area contributed by atoms with Crippen molar-refractivity contribution in [3.05, 3.63) is 53.6 Å². The van der Waals surface area contributed by atoms with Gasteiger partial charge in [0.25, 0.3) is 0 Å². The predicted octanol–water partition coefficient (Wildman–Crippen LogP) is 1.90. The molecule has 0 aromatic heterocycles. The number of benzene rings is 2. The first-order valence-electron chi connectivity index (χ1n) is 8.95. The minimum absolute atomic E-state index is 0.107. The summed E-state index contributed by atoms with van der Waals surface area (Å²) < 4.78 is 37.4. The van der Waals surface area contributed by atoms with Gasteiger partial charge in [0.1, 0.15) is 0 Å². The molecule has 0 aliphatic heterocycles. The molecule has 28 heavy (non-hydrogen) atoms. The molecule has 152 valence electrons. The first-order chi connectivity index (χ1) is 13.4. The highest BCUT2D eigenvalue weighted by Crippen LogP contribution is 2.27. The van der Waals surface area contributed by atoms with Crippen LogP contribution in [0.2, 0.25) is 0 Å². The van der Waals surface area contributed by atoms with Crippen molar-refractivity contribution in [1.29, 1.82) is 0 Å². The van der Waals surface area contributed by atoms with Gasteiger partial charge in [0.15, 0.2) is 11.5 Å². The van der Waals surface area contributed by atoms with Crippen LogP contribution in [0.3, 0.4) is 0 Å². The summed E-state index contributed by atoms with van der Waals surface area (Å²) >= 11 is 0. The summed E-state index contributed by atoms with van der Waals surface area (Å²) in [6.45, 7) is 2.31. The Morgan fingerprint density at radius 1 is 0.929 bits per heavy atom. The fourth-order valence-corrected chi connectivity index (χ4v) is 3.65. The molecule has 0 fully saturated rings. The Bertz CT molecular complexity index is 895. The Kier molecular flexibility index (Phi) is 7.83. The Morgan fingerprint density at radius 3 is 2.18 bits per heavy atom. The molecule has 7 nitrogen and oxygen atoms in total. The summed E-state index contributed by atoms with van der Waals surface area (Å²) in [7, 11) is -0.514. The van der Waals surface area contributed by atoms with Crippen LogP contribution < -0.4 is 19.5 Å². The van der Waals surface area contributed by atoms with Crippen LogP contribution in [-0.2, 0) is 27.7 Å². The predicted molar refractivity (Wildman–Crippen MR) is 107 cm³/mol. The van der Waals surface area contributed by atoms with Gasteiger partial charge in [-0.1, -0.05) is 25.1 Å². The van der Waals surface area contributed by atoms with Crippen LogP contribution in [0.15, 0.2) is 47.4 Å². The molecule has 0 saturated heterocycles. The van der Waals surface area contributed by atoms with Crippen LogP contribution in [0, 0.1) is 0 Å². The minimum atomic E-state index is -3.59. The van der Waals surface area contributed by atoms with E-state index >= 15 is 0 Å². The monoisotopic (exact) mass is 406 g/mol. The van der Waals surface area contributed by atoms with Gasteiger partial charge in [0, 0.05) is 13.1 Å². The highest BCUT2D eigenvalue weighted by Gasteiger charge is 2.13.